The fourth-order valence-corrected chi connectivity index (χ4v) is 7.26. The van der Waals surface area contributed by atoms with Crippen LogP contribution in [0.25, 0.3) is 0 Å². The third-order valence-electron chi connectivity index (χ3n) is 8.27. The van der Waals surface area contributed by atoms with Crippen molar-refractivity contribution in [1.29, 1.82) is 0 Å². The molecule has 5 rings (SSSR count). The van der Waals surface area contributed by atoms with Gasteiger partial charge in [-0.05, 0) is 81.1 Å². The van der Waals surface area contributed by atoms with Crippen molar-refractivity contribution in [2.75, 3.05) is 32.9 Å². The van der Waals surface area contributed by atoms with Gasteiger partial charge in [-0.25, -0.2) is 0 Å². The zero-order valence-corrected chi connectivity index (χ0v) is 17.8. The molecule has 4 aliphatic carbocycles. The van der Waals surface area contributed by atoms with Crippen LogP contribution in [0.2, 0.25) is 0 Å². The highest BCUT2D eigenvalue weighted by Gasteiger charge is 2.50. The van der Waals surface area contributed by atoms with E-state index in [1.807, 2.05) is 4.90 Å². The Morgan fingerprint density at radius 3 is 2.07 bits per heavy atom. The van der Waals surface area contributed by atoms with Crippen LogP contribution < -0.4 is 0 Å². The molecule has 1 aliphatic heterocycles. The van der Waals surface area contributed by atoms with Crippen molar-refractivity contribution in [1.82, 2.24) is 4.90 Å². The fraction of sp³-hybridized carbons (Fsp3) is 1.00. The fourth-order valence-electron chi connectivity index (χ4n) is 7.26. The number of rotatable bonds is 10. The quantitative estimate of drug-likeness (QED) is 0.408. The molecule has 29 heavy (non-hydrogen) atoms. The molecule has 0 radical (unpaired) electrons. The van der Waals surface area contributed by atoms with Gasteiger partial charge in [0.2, 0.25) is 0 Å². The Morgan fingerprint density at radius 2 is 1.45 bits per heavy atom. The van der Waals surface area contributed by atoms with Crippen molar-refractivity contribution in [3.8, 4) is 0 Å². The van der Waals surface area contributed by atoms with E-state index in [0.29, 0.717) is 12.0 Å². The summed E-state index contributed by atoms with van der Waals surface area (Å²) in [6.45, 7) is 2.65. The van der Waals surface area contributed by atoms with E-state index in [-0.39, 0.29) is 6.61 Å². The largest absolute Gasteiger partial charge is 0.395 e. The second kappa shape index (κ2) is 9.49. The molecule has 0 unspecified atom stereocenters. The van der Waals surface area contributed by atoms with E-state index in [2.05, 4.69) is 0 Å². The maximum atomic E-state index is 10.0. The van der Waals surface area contributed by atoms with Crippen LogP contribution in [-0.4, -0.2) is 82.6 Å². The first-order valence-corrected chi connectivity index (χ1v) is 12.0. The number of hydrogen-bond donors (Lipinski definition) is 4. The maximum absolute atomic E-state index is 10.0. The Kier molecular flexibility index (Phi) is 7.19. The number of aliphatic hydroxyl groups is 4. The Labute approximate surface area is 175 Å². The van der Waals surface area contributed by atoms with Crippen molar-refractivity contribution in [2.24, 2.45) is 23.2 Å². The Bertz CT molecular complexity index is 494. The Hall–Kier alpha value is -0.240. The molecule has 4 atom stereocenters. The van der Waals surface area contributed by atoms with Crippen molar-refractivity contribution in [3.63, 3.8) is 0 Å². The van der Waals surface area contributed by atoms with Gasteiger partial charge in [0, 0.05) is 13.2 Å². The van der Waals surface area contributed by atoms with Crippen molar-refractivity contribution in [3.05, 3.63) is 0 Å². The van der Waals surface area contributed by atoms with E-state index < -0.39 is 24.4 Å². The van der Waals surface area contributed by atoms with Gasteiger partial charge >= 0.3 is 0 Å². The number of aliphatic hydroxyl groups excluding tert-OH is 4. The topological polar surface area (TPSA) is 93.4 Å². The molecule has 0 amide bonds. The lowest BCUT2D eigenvalue weighted by Gasteiger charge is -2.56. The van der Waals surface area contributed by atoms with Crippen LogP contribution in [0.4, 0.5) is 0 Å². The maximum Gasteiger partial charge on any atom is 0.109 e. The monoisotopic (exact) mass is 411 g/mol. The van der Waals surface area contributed by atoms with Gasteiger partial charge in [0.15, 0.2) is 0 Å². The number of nitrogens with zero attached hydrogens (tertiary/aromatic N) is 1. The summed E-state index contributed by atoms with van der Waals surface area (Å²) in [5.74, 6) is 2.96. The highest BCUT2D eigenvalue weighted by molar-refractivity contribution is 5.01. The molecule has 0 aromatic carbocycles. The molecule has 5 fully saturated rings. The van der Waals surface area contributed by atoms with E-state index in [1.165, 1.54) is 38.5 Å². The minimum absolute atomic E-state index is 0.205. The van der Waals surface area contributed by atoms with E-state index in [4.69, 9.17) is 4.74 Å². The van der Waals surface area contributed by atoms with Crippen LogP contribution in [0.5, 0.6) is 0 Å². The summed E-state index contributed by atoms with van der Waals surface area (Å²) in [6.07, 6.45) is 9.70. The minimum atomic E-state index is -1.17. The minimum Gasteiger partial charge on any atom is -0.395 e. The average Bonchev–Trinajstić information content (AvgIpc) is 2.67. The number of unbranched alkanes of at least 4 members (excludes halogenated alkanes) is 3. The molecule has 168 valence electrons. The van der Waals surface area contributed by atoms with E-state index in [9.17, 15) is 20.4 Å². The summed E-state index contributed by atoms with van der Waals surface area (Å²) in [6, 6.07) is -0.489. The predicted molar refractivity (Wildman–Crippen MR) is 110 cm³/mol. The van der Waals surface area contributed by atoms with Crippen LogP contribution >= 0.6 is 0 Å². The normalized spacial score (nSPS) is 44.5. The number of piperidine rings is 1. The van der Waals surface area contributed by atoms with Gasteiger partial charge in [-0.15, -0.1) is 0 Å². The van der Waals surface area contributed by atoms with Crippen LogP contribution in [0.1, 0.15) is 64.2 Å². The number of likely N-dealkylation sites (tertiary alicyclic amines) is 1. The number of hydrogen-bond acceptors (Lipinski definition) is 6. The molecule has 6 heteroatoms. The third-order valence-corrected chi connectivity index (χ3v) is 8.27. The third kappa shape index (κ3) is 4.99. The Morgan fingerprint density at radius 1 is 0.828 bits per heavy atom. The molecule has 4 N–H and O–H groups in total. The van der Waals surface area contributed by atoms with Crippen molar-refractivity contribution < 1.29 is 25.2 Å². The van der Waals surface area contributed by atoms with Crippen LogP contribution in [0, 0.1) is 23.2 Å². The molecule has 6 nitrogen and oxygen atoms in total. The van der Waals surface area contributed by atoms with Gasteiger partial charge in [0.1, 0.15) is 12.2 Å². The average molecular weight is 412 g/mol. The van der Waals surface area contributed by atoms with Crippen LogP contribution in [0.15, 0.2) is 0 Å². The second-order valence-corrected chi connectivity index (χ2v) is 10.7. The zero-order valence-electron chi connectivity index (χ0n) is 17.8. The van der Waals surface area contributed by atoms with Crippen molar-refractivity contribution >= 4 is 0 Å². The zero-order chi connectivity index (χ0) is 20.4. The number of ether oxygens (including phenoxy) is 1. The molecule has 0 spiro atoms. The van der Waals surface area contributed by atoms with Crippen LogP contribution in [0.3, 0.4) is 0 Å². The van der Waals surface area contributed by atoms with E-state index in [0.717, 1.165) is 63.2 Å². The first kappa shape index (κ1) is 22.0. The highest BCUT2D eigenvalue weighted by atomic mass is 16.5. The summed E-state index contributed by atoms with van der Waals surface area (Å²) in [7, 11) is 0. The van der Waals surface area contributed by atoms with Gasteiger partial charge in [0.05, 0.1) is 25.4 Å². The van der Waals surface area contributed by atoms with Gasteiger partial charge in [0.25, 0.3) is 0 Å². The van der Waals surface area contributed by atoms with Crippen LogP contribution in [-0.2, 0) is 4.74 Å². The summed E-state index contributed by atoms with van der Waals surface area (Å²) in [5.41, 5.74) is 0.508. The lowest BCUT2D eigenvalue weighted by molar-refractivity contribution is -0.145. The molecule has 4 saturated carbocycles. The molecule has 5 aliphatic rings. The van der Waals surface area contributed by atoms with Gasteiger partial charge in [-0.1, -0.05) is 12.8 Å². The smallest absolute Gasteiger partial charge is 0.109 e. The standard InChI is InChI=1S/C23H41NO5/c25-14-19-21(27)22(28)20(26)13-24(19)5-3-1-2-4-6-29-15-23-10-16-7-17(11-23)9-18(8-16)12-23/h16-22,25-28H,1-15H2/t16?,17?,18?,19-,20+,21-,22-,23?/m1/s1. The number of β-amino-alcohol motifs (C(OH)–C–C–N with tert-alkyl or cyclic N) is 1. The van der Waals surface area contributed by atoms with Crippen molar-refractivity contribution in [2.45, 2.75) is 88.6 Å². The van der Waals surface area contributed by atoms with E-state index in [1.54, 1.807) is 0 Å². The van der Waals surface area contributed by atoms with E-state index >= 15 is 0 Å². The second-order valence-electron chi connectivity index (χ2n) is 10.7. The Balaban J connectivity index is 1.08. The molecular weight excluding hydrogens is 370 g/mol. The SMILES string of the molecule is OC[C@@H]1[C@@H](O)[C@H](O)[C@@H](O)CN1CCCCCCOCC12CC3CC(CC(C3)C1)C2. The first-order chi connectivity index (χ1) is 14.0. The summed E-state index contributed by atoms with van der Waals surface area (Å²) in [5, 5.41) is 39.2. The molecule has 4 bridgehead atoms. The molecule has 0 aromatic heterocycles. The molecule has 1 saturated heterocycles. The summed E-state index contributed by atoms with van der Waals surface area (Å²) < 4.78 is 6.15. The summed E-state index contributed by atoms with van der Waals surface area (Å²) >= 11 is 0. The molecule has 1 heterocycles. The first-order valence-electron chi connectivity index (χ1n) is 12.0. The highest BCUT2D eigenvalue weighted by Crippen LogP contribution is 2.60. The van der Waals surface area contributed by atoms with Gasteiger partial charge in [-0.2, -0.15) is 0 Å². The lowest BCUT2D eigenvalue weighted by atomic mass is 9.50. The molecule has 0 aromatic rings. The molecular formula is C23H41NO5. The predicted octanol–water partition coefficient (Wildman–Crippen LogP) is 1.54. The lowest BCUT2D eigenvalue weighted by Crippen LogP contribution is -2.62. The summed E-state index contributed by atoms with van der Waals surface area (Å²) in [4.78, 5) is 1.91. The van der Waals surface area contributed by atoms with Gasteiger partial charge < -0.3 is 25.2 Å². The van der Waals surface area contributed by atoms with Gasteiger partial charge in [-0.3, -0.25) is 4.90 Å².